The maximum atomic E-state index is 3.13. The summed E-state index contributed by atoms with van der Waals surface area (Å²) >= 11 is 1.83. The number of rotatable bonds is 4. The van der Waals surface area contributed by atoms with E-state index in [-0.39, 0.29) is 0 Å². The third kappa shape index (κ3) is 2.80. The van der Waals surface area contributed by atoms with Crippen molar-refractivity contribution in [2.75, 3.05) is 24.3 Å². The second kappa shape index (κ2) is 5.23. The summed E-state index contributed by atoms with van der Waals surface area (Å²) in [6.45, 7) is 3.15. The molecule has 0 bridgehead atoms. The highest BCUT2D eigenvalue weighted by molar-refractivity contribution is 7.10. The summed E-state index contributed by atoms with van der Waals surface area (Å²) in [5.74, 6) is 0. The van der Waals surface area contributed by atoms with E-state index in [2.05, 4.69) is 59.9 Å². The third-order valence-corrected chi connectivity index (χ3v) is 3.95. The van der Waals surface area contributed by atoms with Gasteiger partial charge in [0.2, 0.25) is 0 Å². The van der Waals surface area contributed by atoms with E-state index in [1.807, 2.05) is 18.4 Å². The van der Waals surface area contributed by atoms with Crippen molar-refractivity contribution in [1.29, 1.82) is 0 Å². The van der Waals surface area contributed by atoms with E-state index in [1.54, 1.807) is 0 Å². The number of aryl methyl sites for hydroxylation is 1. The Morgan fingerprint density at radius 1 is 1.18 bits per heavy atom. The zero-order chi connectivity index (χ0) is 12.3. The van der Waals surface area contributed by atoms with Gasteiger partial charge in [-0.15, -0.1) is 11.3 Å². The molecule has 17 heavy (non-hydrogen) atoms. The SMILES string of the molecule is CNc1ccc(N(C)Cc2sccc2C)cc1. The predicted molar refractivity (Wildman–Crippen MR) is 77.2 cm³/mol. The standard InChI is InChI=1S/C14H18N2S/c1-11-8-9-17-14(11)10-16(3)13-6-4-12(15-2)5-7-13/h4-9,15H,10H2,1-3H3. The molecule has 0 unspecified atom stereocenters. The Hall–Kier alpha value is -1.48. The van der Waals surface area contributed by atoms with Crippen LogP contribution in [0.1, 0.15) is 10.4 Å². The third-order valence-electron chi connectivity index (χ3n) is 2.95. The molecular formula is C14H18N2S. The topological polar surface area (TPSA) is 15.3 Å². The number of hydrogen-bond acceptors (Lipinski definition) is 3. The first-order valence-corrected chi connectivity index (χ1v) is 6.60. The molecule has 0 aliphatic carbocycles. The lowest BCUT2D eigenvalue weighted by Crippen LogP contribution is -2.15. The molecule has 0 saturated heterocycles. The first kappa shape index (κ1) is 12.0. The van der Waals surface area contributed by atoms with E-state index in [0.29, 0.717) is 0 Å². The van der Waals surface area contributed by atoms with Gasteiger partial charge in [-0.05, 0) is 48.2 Å². The molecule has 0 fully saturated rings. The maximum absolute atomic E-state index is 3.13. The van der Waals surface area contributed by atoms with E-state index in [9.17, 15) is 0 Å². The van der Waals surface area contributed by atoms with E-state index in [1.165, 1.54) is 16.1 Å². The minimum Gasteiger partial charge on any atom is -0.388 e. The summed E-state index contributed by atoms with van der Waals surface area (Å²) in [6, 6.07) is 10.7. The molecule has 1 aromatic heterocycles. The van der Waals surface area contributed by atoms with Crippen molar-refractivity contribution in [2.24, 2.45) is 0 Å². The lowest BCUT2D eigenvalue weighted by atomic mass is 10.2. The normalized spacial score (nSPS) is 10.3. The molecule has 0 saturated carbocycles. The smallest absolute Gasteiger partial charge is 0.0522 e. The van der Waals surface area contributed by atoms with Gasteiger partial charge < -0.3 is 10.2 Å². The van der Waals surface area contributed by atoms with Crippen LogP contribution in [0.25, 0.3) is 0 Å². The molecular weight excluding hydrogens is 228 g/mol. The number of nitrogens with zero attached hydrogens (tertiary/aromatic N) is 1. The first-order chi connectivity index (χ1) is 8.20. The fourth-order valence-electron chi connectivity index (χ4n) is 1.76. The number of thiophene rings is 1. The number of nitrogens with one attached hydrogen (secondary N) is 1. The second-order valence-electron chi connectivity index (χ2n) is 4.18. The predicted octanol–water partition coefficient (Wildman–Crippen LogP) is 3.73. The Labute approximate surface area is 107 Å². The van der Waals surface area contributed by atoms with Crippen molar-refractivity contribution < 1.29 is 0 Å². The van der Waals surface area contributed by atoms with Gasteiger partial charge in [0.25, 0.3) is 0 Å². The van der Waals surface area contributed by atoms with E-state index < -0.39 is 0 Å². The average molecular weight is 246 g/mol. The quantitative estimate of drug-likeness (QED) is 0.884. The summed E-state index contributed by atoms with van der Waals surface area (Å²) in [7, 11) is 4.07. The molecule has 1 N–H and O–H groups in total. The molecule has 3 heteroatoms. The number of hydrogen-bond donors (Lipinski definition) is 1. The molecule has 0 radical (unpaired) electrons. The van der Waals surface area contributed by atoms with Gasteiger partial charge in [-0.2, -0.15) is 0 Å². The van der Waals surface area contributed by atoms with E-state index in [0.717, 1.165) is 12.2 Å². The summed E-state index contributed by atoms with van der Waals surface area (Å²) in [5.41, 5.74) is 3.78. The minimum atomic E-state index is 0.975. The fraction of sp³-hybridized carbons (Fsp3) is 0.286. The Morgan fingerprint density at radius 3 is 2.41 bits per heavy atom. The second-order valence-corrected chi connectivity index (χ2v) is 5.18. The van der Waals surface area contributed by atoms with Crippen LogP contribution >= 0.6 is 11.3 Å². The molecule has 2 nitrogen and oxygen atoms in total. The van der Waals surface area contributed by atoms with Gasteiger partial charge in [-0.1, -0.05) is 0 Å². The summed E-state index contributed by atoms with van der Waals surface area (Å²) < 4.78 is 0. The molecule has 1 heterocycles. The average Bonchev–Trinajstić information content (AvgIpc) is 2.75. The van der Waals surface area contributed by atoms with Gasteiger partial charge in [0.05, 0.1) is 6.54 Å². The molecule has 0 aliphatic heterocycles. The van der Waals surface area contributed by atoms with Gasteiger partial charge in [0, 0.05) is 30.3 Å². The van der Waals surface area contributed by atoms with Gasteiger partial charge in [0.1, 0.15) is 0 Å². The molecule has 0 spiro atoms. The van der Waals surface area contributed by atoms with Gasteiger partial charge in [-0.25, -0.2) is 0 Å². The highest BCUT2D eigenvalue weighted by atomic mass is 32.1. The molecule has 90 valence electrons. The lowest BCUT2D eigenvalue weighted by molar-refractivity contribution is 0.933. The van der Waals surface area contributed by atoms with Crippen LogP contribution in [-0.4, -0.2) is 14.1 Å². The molecule has 0 aliphatic rings. The molecule has 2 aromatic rings. The van der Waals surface area contributed by atoms with Crippen LogP contribution in [0.15, 0.2) is 35.7 Å². The molecule has 0 atom stereocenters. The Bertz CT molecular complexity index is 473. The Kier molecular flexibility index (Phi) is 3.69. The van der Waals surface area contributed by atoms with Crippen molar-refractivity contribution >= 4 is 22.7 Å². The van der Waals surface area contributed by atoms with Crippen molar-refractivity contribution in [2.45, 2.75) is 13.5 Å². The van der Waals surface area contributed by atoms with Crippen LogP contribution in [0.3, 0.4) is 0 Å². The van der Waals surface area contributed by atoms with Crippen LogP contribution in [0, 0.1) is 6.92 Å². The van der Waals surface area contributed by atoms with Crippen molar-refractivity contribution in [1.82, 2.24) is 0 Å². The van der Waals surface area contributed by atoms with Crippen LogP contribution in [0.5, 0.6) is 0 Å². The van der Waals surface area contributed by atoms with Crippen LogP contribution < -0.4 is 10.2 Å². The summed E-state index contributed by atoms with van der Waals surface area (Å²) in [6.07, 6.45) is 0. The fourth-order valence-corrected chi connectivity index (χ4v) is 2.71. The summed E-state index contributed by atoms with van der Waals surface area (Å²) in [4.78, 5) is 3.71. The van der Waals surface area contributed by atoms with E-state index in [4.69, 9.17) is 0 Å². The van der Waals surface area contributed by atoms with Gasteiger partial charge in [-0.3, -0.25) is 0 Å². The van der Waals surface area contributed by atoms with Crippen LogP contribution in [-0.2, 0) is 6.54 Å². The zero-order valence-corrected chi connectivity index (χ0v) is 11.3. The Morgan fingerprint density at radius 2 is 1.88 bits per heavy atom. The maximum Gasteiger partial charge on any atom is 0.0522 e. The highest BCUT2D eigenvalue weighted by Gasteiger charge is 2.05. The van der Waals surface area contributed by atoms with Crippen molar-refractivity contribution in [3.8, 4) is 0 Å². The minimum absolute atomic E-state index is 0.975. The van der Waals surface area contributed by atoms with Crippen LogP contribution in [0.2, 0.25) is 0 Å². The van der Waals surface area contributed by atoms with Gasteiger partial charge in [0.15, 0.2) is 0 Å². The molecule has 1 aromatic carbocycles. The number of anilines is 2. The molecule has 2 rings (SSSR count). The van der Waals surface area contributed by atoms with Crippen molar-refractivity contribution in [3.05, 3.63) is 46.2 Å². The van der Waals surface area contributed by atoms with E-state index >= 15 is 0 Å². The highest BCUT2D eigenvalue weighted by Crippen LogP contribution is 2.22. The number of benzene rings is 1. The zero-order valence-electron chi connectivity index (χ0n) is 10.5. The van der Waals surface area contributed by atoms with Gasteiger partial charge >= 0.3 is 0 Å². The molecule has 0 amide bonds. The van der Waals surface area contributed by atoms with Crippen LogP contribution in [0.4, 0.5) is 11.4 Å². The summed E-state index contributed by atoms with van der Waals surface area (Å²) in [5, 5.41) is 5.29. The Balaban J connectivity index is 2.09. The largest absolute Gasteiger partial charge is 0.388 e. The van der Waals surface area contributed by atoms with Crippen molar-refractivity contribution in [3.63, 3.8) is 0 Å². The lowest BCUT2D eigenvalue weighted by Gasteiger charge is -2.19. The first-order valence-electron chi connectivity index (χ1n) is 5.72. The monoisotopic (exact) mass is 246 g/mol.